The van der Waals surface area contributed by atoms with Gasteiger partial charge in [0.1, 0.15) is 0 Å². The van der Waals surface area contributed by atoms with Crippen molar-refractivity contribution in [2.75, 3.05) is 19.8 Å². The van der Waals surface area contributed by atoms with E-state index in [1.165, 1.54) is 16.0 Å². The van der Waals surface area contributed by atoms with Crippen LogP contribution < -0.4 is 5.32 Å². The number of thiophene rings is 1. The molecule has 0 atom stereocenters. The number of nitrogens with one attached hydrogen (secondary N) is 1. The molecule has 19 heavy (non-hydrogen) atoms. The lowest BCUT2D eigenvalue weighted by Crippen LogP contribution is -2.47. The van der Waals surface area contributed by atoms with Gasteiger partial charge in [-0.05, 0) is 22.6 Å². The molecule has 1 aromatic heterocycles. The zero-order valence-electron chi connectivity index (χ0n) is 11.2. The quantitative estimate of drug-likeness (QED) is 0.899. The van der Waals surface area contributed by atoms with Crippen LogP contribution in [-0.2, 0) is 11.3 Å². The van der Waals surface area contributed by atoms with Crippen molar-refractivity contribution in [1.29, 1.82) is 0 Å². The van der Waals surface area contributed by atoms with E-state index in [-0.39, 0.29) is 0 Å². The first-order valence-corrected chi connectivity index (χ1v) is 7.54. The van der Waals surface area contributed by atoms with Gasteiger partial charge < -0.3 is 10.1 Å². The predicted molar refractivity (Wildman–Crippen MR) is 80.4 cm³/mol. The fraction of sp³-hybridized carbons (Fsp3) is 0.375. The Labute approximate surface area is 118 Å². The third-order valence-electron chi connectivity index (χ3n) is 3.51. The molecule has 2 heterocycles. The SMILES string of the molecule is CC1(CNCc2cc(-c3ccccc3)cs2)COC1. The molecule has 3 heteroatoms. The summed E-state index contributed by atoms with van der Waals surface area (Å²) in [6, 6.07) is 12.8. The van der Waals surface area contributed by atoms with Crippen molar-refractivity contribution >= 4 is 11.3 Å². The Balaban J connectivity index is 1.56. The average molecular weight is 273 g/mol. The van der Waals surface area contributed by atoms with Gasteiger partial charge in [0.2, 0.25) is 0 Å². The van der Waals surface area contributed by atoms with Gasteiger partial charge in [0.05, 0.1) is 13.2 Å². The van der Waals surface area contributed by atoms with Crippen LogP contribution in [-0.4, -0.2) is 19.8 Å². The molecule has 0 amide bonds. The highest BCUT2D eigenvalue weighted by Gasteiger charge is 2.32. The van der Waals surface area contributed by atoms with Crippen molar-refractivity contribution in [3.8, 4) is 11.1 Å². The highest BCUT2D eigenvalue weighted by molar-refractivity contribution is 7.10. The highest BCUT2D eigenvalue weighted by atomic mass is 32.1. The number of ether oxygens (including phenoxy) is 1. The average Bonchev–Trinajstić information content (AvgIpc) is 2.87. The molecule has 1 aliphatic rings. The molecule has 0 radical (unpaired) electrons. The number of benzene rings is 1. The summed E-state index contributed by atoms with van der Waals surface area (Å²) in [7, 11) is 0. The van der Waals surface area contributed by atoms with Gasteiger partial charge in [-0.25, -0.2) is 0 Å². The Kier molecular flexibility index (Phi) is 3.69. The molecule has 2 nitrogen and oxygen atoms in total. The van der Waals surface area contributed by atoms with Crippen LogP contribution in [0.4, 0.5) is 0 Å². The molecule has 2 aromatic rings. The second kappa shape index (κ2) is 5.45. The maximum Gasteiger partial charge on any atom is 0.0554 e. The van der Waals surface area contributed by atoms with Gasteiger partial charge in [-0.3, -0.25) is 0 Å². The lowest BCUT2D eigenvalue weighted by Gasteiger charge is -2.38. The fourth-order valence-corrected chi connectivity index (χ4v) is 3.16. The largest absolute Gasteiger partial charge is 0.380 e. The van der Waals surface area contributed by atoms with Crippen LogP contribution >= 0.6 is 11.3 Å². The summed E-state index contributed by atoms with van der Waals surface area (Å²) in [6.45, 7) is 6.03. The third kappa shape index (κ3) is 3.06. The predicted octanol–water partition coefficient (Wildman–Crippen LogP) is 3.54. The fourth-order valence-electron chi connectivity index (χ4n) is 2.30. The summed E-state index contributed by atoms with van der Waals surface area (Å²) >= 11 is 1.83. The van der Waals surface area contributed by atoms with Crippen molar-refractivity contribution in [3.63, 3.8) is 0 Å². The molecule has 1 N–H and O–H groups in total. The Morgan fingerprint density at radius 3 is 2.68 bits per heavy atom. The van der Waals surface area contributed by atoms with E-state index in [1.807, 2.05) is 11.3 Å². The number of hydrogen-bond donors (Lipinski definition) is 1. The minimum atomic E-state index is 0.347. The van der Waals surface area contributed by atoms with Crippen molar-refractivity contribution in [1.82, 2.24) is 5.32 Å². The molecular formula is C16H19NOS. The summed E-state index contributed by atoms with van der Waals surface area (Å²) in [6.07, 6.45) is 0. The Hall–Kier alpha value is -1.16. The van der Waals surface area contributed by atoms with Crippen molar-refractivity contribution < 1.29 is 4.74 Å². The molecule has 1 fully saturated rings. The molecule has 1 aliphatic heterocycles. The zero-order valence-corrected chi connectivity index (χ0v) is 12.0. The molecule has 1 aromatic carbocycles. The van der Waals surface area contributed by atoms with Crippen LogP contribution in [0.15, 0.2) is 41.8 Å². The van der Waals surface area contributed by atoms with Gasteiger partial charge in [0, 0.05) is 23.4 Å². The van der Waals surface area contributed by atoms with Crippen LogP contribution in [0, 0.1) is 5.41 Å². The van der Waals surface area contributed by atoms with Gasteiger partial charge in [0.15, 0.2) is 0 Å². The Bertz CT molecular complexity index is 531. The lowest BCUT2D eigenvalue weighted by atomic mass is 9.89. The summed E-state index contributed by atoms with van der Waals surface area (Å²) in [5.41, 5.74) is 2.96. The summed E-state index contributed by atoms with van der Waals surface area (Å²) in [5, 5.41) is 5.78. The topological polar surface area (TPSA) is 21.3 Å². The molecule has 0 bridgehead atoms. The van der Waals surface area contributed by atoms with Crippen LogP contribution in [0.2, 0.25) is 0 Å². The zero-order chi connectivity index (χ0) is 13.1. The van der Waals surface area contributed by atoms with E-state index in [1.54, 1.807) is 0 Å². The second-order valence-electron chi connectivity index (χ2n) is 5.57. The van der Waals surface area contributed by atoms with Crippen molar-refractivity contribution in [3.05, 3.63) is 46.7 Å². The van der Waals surface area contributed by atoms with E-state index in [4.69, 9.17) is 4.74 Å². The van der Waals surface area contributed by atoms with E-state index >= 15 is 0 Å². The minimum absolute atomic E-state index is 0.347. The van der Waals surface area contributed by atoms with Gasteiger partial charge >= 0.3 is 0 Å². The second-order valence-corrected chi connectivity index (χ2v) is 6.57. The van der Waals surface area contributed by atoms with E-state index in [0.29, 0.717) is 5.41 Å². The van der Waals surface area contributed by atoms with E-state index < -0.39 is 0 Å². The summed E-state index contributed by atoms with van der Waals surface area (Å²) in [5.74, 6) is 0. The lowest BCUT2D eigenvalue weighted by molar-refractivity contribution is -0.0991. The Morgan fingerprint density at radius 1 is 1.21 bits per heavy atom. The van der Waals surface area contributed by atoms with Crippen LogP contribution in [0.25, 0.3) is 11.1 Å². The molecular weight excluding hydrogens is 254 g/mol. The standard InChI is InChI=1S/C16H19NOS/c1-16(11-18-12-16)10-17-8-15-7-14(9-19-15)13-5-3-2-4-6-13/h2-7,9,17H,8,10-12H2,1H3. The highest BCUT2D eigenvalue weighted by Crippen LogP contribution is 2.27. The van der Waals surface area contributed by atoms with Crippen LogP contribution in [0.1, 0.15) is 11.8 Å². The maximum atomic E-state index is 5.27. The van der Waals surface area contributed by atoms with Gasteiger partial charge in [-0.15, -0.1) is 11.3 Å². The smallest absolute Gasteiger partial charge is 0.0554 e. The van der Waals surface area contributed by atoms with Crippen molar-refractivity contribution in [2.45, 2.75) is 13.5 Å². The van der Waals surface area contributed by atoms with Gasteiger partial charge in [0.25, 0.3) is 0 Å². The van der Waals surface area contributed by atoms with Crippen LogP contribution in [0.3, 0.4) is 0 Å². The normalized spacial score (nSPS) is 17.1. The molecule has 0 aliphatic carbocycles. The minimum Gasteiger partial charge on any atom is -0.380 e. The number of hydrogen-bond acceptors (Lipinski definition) is 3. The molecule has 3 rings (SSSR count). The molecule has 100 valence electrons. The van der Waals surface area contributed by atoms with Crippen LogP contribution in [0.5, 0.6) is 0 Å². The molecule has 0 unspecified atom stereocenters. The van der Waals surface area contributed by atoms with Gasteiger partial charge in [-0.2, -0.15) is 0 Å². The number of rotatable bonds is 5. The van der Waals surface area contributed by atoms with Crippen molar-refractivity contribution in [2.24, 2.45) is 5.41 Å². The molecule has 1 saturated heterocycles. The molecule has 0 saturated carbocycles. The van der Waals surface area contributed by atoms with E-state index in [0.717, 1.165) is 26.3 Å². The monoisotopic (exact) mass is 273 g/mol. The summed E-state index contributed by atoms with van der Waals surface area (Å²) < 4.78 is 5.27. The van der Waals surface area contributed by atoms with E-state index in [9.17, 15) is 0 Å². The van der Waals surface area contributed by atoms with E-state index in [2.05, 4.69) is 54.0 Å². The third-order valence-corrected chi connectivity index (χ3v) is 4.45. The summed E-state index contributed by atoms with van der Waals surface area (Å²) in [4.78, 5) is 1.39. The first-order chi connectivity index (χ1) is 9.25. The van der Waals surface area contributed by atoms with Gasteiger partial charge in [-0.1, -0.05) is 37.3 Å². The molecule has 0 spiro atoms. The first-order valence-electron chi connectivity index (χ1n) is 6.67. The Morgan fingerprint density at radius 2 is 2.00 bits per heavy atom. The maximum absolute atomic E-state index is 5.27. The first kappa shape index (κ1) is 12.9.